The molecule has 5 heteroatoms. The molecule has 2 unspecified atom stereocenters. The molecule has 96 valence electrons. The van der Waals surface area contributed by atoms with Gasteiger partial charge in [-0.2, -0.15) is 0 Å². The van der Waals surface area contributed by atoms with Gasteiger partial charge < -0.3 is 15.7 Å². The van der Waals surface area contributed by atoms with E-state index in [9.17, 15) is 9.90 Å². The molecule has 2 atom stereocenters. The Morgan fingerprint density at radius 3 is 2.59 bits per heavy atom. The molecule has 0 aromatic rings. The largest absolute Gasteiger partial charge is 0.393 e. The van der Waals surface area contributed by atoms with Crippen molar-refractivity contribution in [2.75, 3.05) is 13.1 Å². The molecule has 17 heavy (non-hydrogen) atoms. The van der Waals surface area contributed by atoms with Crippen LogP contribution in [0.4, 0.5) is 0 Å². The van der Waals surface area contributed by atoms with Crippen LogP contribution in [0.15, 0.2) is 0 Å². The van der Waals surface area contributed by atoms with Crippen LogP contribution in [0.25, 0.3) is 0 Å². The van der Waals surface area contributed by atoms with E-state index in [-0.39, 0.29) is 17.9 Å². The van der Waals surface area contributed by atoms with Crippen LogP contribution in [-0.2, 0) is 4.79 Å². The number of hydrogen-bond acceptors (Lipinski definition) is 3. The third-order valence-corrected chi connectivity index (χ3v) is 4.67. The number of carbonyl (C=O) groups is 1. The quantitative estimate of drug-likeness (QED) is 0.729. The van der Waals surface area contributed by atoms with E-state index < -0.39 is 5.41 Å². The van der Waals surface area contributed by atoms with E-state index in [4.69, 9.17) is 18.0 Å². The molecule has 0 bridgehead atoms. The normalized spacial score (nSPS) is 28.6. The van der Waals surface area contributed by atoms with Gasteiger partial charge in [-0.05, 0) is 26.2 Å². The van der Waals surface area contributed by atoms with Gasteiger partial charge >= 0.3 is 0 Å². The predicted octanol–water partition coefficient (Wildman–Crippen LogP) is 0.672. The Hall–Kier alpha value is -0.680. The summed E-state index contributed by atoms with van der Waals surface area (Å²) in [6, 6.07) is 0. The van der Waals surface area contributed by atoms with Gasteiger partial charge in [0.05, 0.1) is 16.5 Å². The van der Waals surface area contributed by atoms with Crippen LogP contribution in [0.1, 0.15) is 32.6 Å². The molecule has 0 aromatic heterocycles. The van der Waals surface area contributed by atoms with Crippen molar-refractivity contribution in [2.24, 2.45) is 17.1 Å². The number of nitrogens with two attached hydrogens (primary N) is 1. The fourth-order valence-corrected chi connectivity index (χ4v) is 3.06. The molecule has 1 saturated heterocycles. The lowest BCUT2D eigenvalue weighted by Gasteiger charge is -2.41. The fraction of sp³-hybridized carbons (Fsp3) is 0.833. The van der Waals surface area contributed by atoms with E-state index in [1.54, 1.807) is 6.92 Å². The first kappa shape index (κ1) is 12.8. The number of nitrogens with zero attached hydrogens (tertiary/aromatic N) is 1. The van der Waals surface area contributed by atoms with E-state index >= 15 is 0 Å². The number of aliphatic hydroxyl groups is 1. The summed E-state index contributed by atoms with van der Waals surface area (Å²) in [5, 5.41) is 9.55. The SMILES string of the molecule is CC(O)C1CCN(C(=O)C2(C(N)=S)CCC2)C1. The second-order valence-electron chi connectivity index (χ2n) is 5.34. The summed E-state index contributed by atoms with van der Waals surface area (Å²) < 4.78 is 0. The summed E-state index contributed by atoms with van der Waals surface area (Å²) in [5.41, 5.74) is 5.16. The molecule has 2 rings (SSSR count). The van der Waals surface area contributed by atoms with E-state index in [0.29, 0.717) is 11.5 Å². The van der Waals surface area contributed by atoms with Crippen LogP contribution in [-0.4, -0.2) is 40.1 Å². The molecule has 1 heterocycles. The van der Waals surface area contributed by atoms with Gasteiger partial charge in [0, 0.05) is 19.0 Å². The number of thiocarbonyl (C=S) groups is 1. The van der Waals surface area contributed by atoms with Gasteiger partial charge in [0.25, 0.3) is 0 Å². The molecule has 0 aromatic carbocycles. The highest BCUT2D eigenvalue weighted by molar-refractivity contribution is 7.80. The Kier molecular flexibility index (Phi) is 3.41. The Morgan fingerprint density at radius 2 is 2.24 bits per heavy atom. The Morgan fingerprint density at radius 1 is 1.59 bits per heavy atom. The lowest BCUT2D eigenvalue weighted by atomic mass is 9.67. The van der Waals surface area contributed by atoms with Gasteiger partial charge in [0.2, 0.25) is 5.91 Å². The molecule has 2 fully saturated rings. The summed E-state index contributed by atoms with van der Waals surface area (Å²) in [4.78, 5) is 14.6. The highest BCUT2D eigenvalue weighted by atomic mass is 32.1. The molecule has 4 nitrogen and oxygen atoms in total. The van der Waals surface area contributed by atoms with E-state index in [0.717, 1.165) is 32.2 Å². The maximum absolute atomic E-state index is 12.4. The Labute approximate surface area is 107 Å². The van der Waals surface area contributed by atoms with Crippen molar-refractivity contribution in [2.45, 2.75) is 38.7 Å². The molecule has 1 saturated carbocycles. The van der Waals surface area contributed by atoms with E-state index in [2.05, 4.69) is 0 Å². The second-order valence-corrected chi connectivity index (χ2v) is 5.78. The Bertz CT molecular complexity index is 339. The van der Waals surface area contributed by atoms with E-state index in [1.165, 1.54) is 0 Å². The number of rotatable bonds is 3. The van der Waals surface area contributed by atoms with Crippen LogP contribution in [0.5, 0.6) is 0 Å². The average Bonchev–Trinajstić information content (AvgIpc) is 2.63. The zero-order valence-electron chi connectivity index (χ0n) is 10.2. The summed E-state index contributed by atoms with van der Waals surface area (Å²) in [7, 11) is 0. The zero-order chi connectivity index (χ0) is 12.6. The van der Waals surface area contributed by atoms with Gasteiger partial charge in [-0.25, -0.2) is 0 Å². The first-order chi connectivity index (χ1) is 7.97. The predicted molar refractivity (Wildman–Crippen MR) is 69.4 cm³/mol. The van der Waals surface area contributed by atoms with Crippen LogP contribution >= 0.6 is 12.2 Å². The smallest absolute Gasteiger partial charge is 0.235 e. The van der Waals surface area contributed by atoms with Crippen molar-refractivity contribution >= 4 is 23.1 Å². The van der Waals surface area contributed by atoms with Crippen LogP contribution in [0, 0.1) is 11.3 Å². The van der Waals surface area contributed by atoms with Crippen LogP contribution in [0.3, 0.4) is 0 Å². The standard InChI is InChI=1S/C12H20N2O2S/c1-8(15)9-3-6-14(7-9)11(16)12(10(13)17)4-2-5-12/h8-9,15H,2-7H2,1H3,(H2,13,17). The van der Waals surface area contributed by atoms with Crippen molar-refractivity contribution < 1.29 is 9.90 Å². The minimum Gasteiger partial charge on any atom is -0.393 e. The fourth-order valence-electron chi connectivity index (χ4n) is 2.76. The highest BCUT2D eigenvalue weighted by Crippen LogP contribution is 2.43. The average molecular weight is 256 g/mol. The third-order valence-electron chi connectivity index (χ3n) is 4.28. The zero-order valence-corrected chi connectivity index (χ0v) is 11.0. The van der Waals surface area contributed by atoms with Gasteiger partial charge in [-0.15, -0.1) is 0 Å². The molecule has 1 aliphatic heterocycles. The summed E-state index contributed by atoms with van der Waals surface area (Å²) in [5.74, 6) is 0.279. The monoisotopic (exact) mass is 256 g/mol. The molecule has 2 aliphatic rings. The highest BCUT2D eigenvalue weighted by Gasteiger charge is 2.50. The minimum atomic E-state index is -0.567. The topological polar surface area (TPSA) is 66.6 Å². The molecule has 1 aliphatic carbocycles. The number of carbonyl (C=O) groups excluding carboxylic acids is 1. The van der Waals surface area contributed by atoms with Crippen molar-refractivity contribution in [3.63, 3.8) is 0 Å². The van der Waals surface area contributed by atoms with Gasteiger partial charge in [0.1, 0.15) is 0 Å². The summed E-state index contributed by atoms with van der Waals surface area (Å²) in [6.07, 6.45) is 3.12. The van der Waals surface area contributed by atoms with E-state index in [1.807, 2.05) is 4.90 Å². The van der Waals surface area contributed by atoms with Gasteiger partial charge in [0.15, 0.2) is 0 Å². The number of hydrogen-bond donors (Lipinski definition) is 2. The second kappa shape index (κ2) is 4.53. The first-order valence-electron chi connectivity index (χ1n) is 6.25. The molecule has 3 N–H and O–H groups in total. The Balaban J connectivity index is 2.04. The summed E-state index contributed by atoms with van der Waals surface area (Å²) in [6.45, 7) is 3.14. The number of amides is 1. The molecular formula is C12H20N2O2S. The summed E-state index contributed by atoms with van der Waals surface area (Å²) >= 11 is 5.05. The number of likely N-dealkylation sites (tertiary alicyclic amines) is 1. The molecule has 0 radical (unpaired) electrons. The van der Waals surface area contributed by atoms with Crippen molar-refractivity contribution in [3.05, 3.63) is 0 Å². The first-order valence-corrected chi connectivity index (χ1v) is 6.65. The molecular weight excluding hydrogens is 236 g/mol. The van der Waals surface area contributed by atoms with Gasteiger partial charge in [-0.3, -0.25) is 4.79 Å². The third kappa shape index (κ3) is 2.06. The van der Waals surface area contributed by atoms with Crippen molar-refractivity contribution in [3.8, 4) is 0 Å². The van der Waals surface area contributed by atoms with Crippen molar-refractivity contribution in [1.82, 2.24) is 4.90 Å². The maximum Gasteiger partial charge on any atom is 0.235 e. The lowest BCUT2D eigenvalue weighted by Crippen LogP contribution is -2.54. The minimum absolute atomic E-state index is 0.0828. The molecule has 1 amide bonds. The number of aliphatic hydroxyl groups excluding tert-OH is 1. The van der Waals surface area contributed by atoms with Gasteiger partial charge in [-0.1, -0.05) is 18.6 Å². The lowest BCUT2D eigenvalue weighted by molar-refractivity contribution is -0.141. The molecule has 0 spiro atoms. The van der Waals surface area contributed by atoms with Crippen molar-refractivity contribution in [1.29, 1.82) is 0 Å². The maximum atomic E-state index is 12.4. The van der Waals surface area contributed by atoms with Crippen LogP contribution < -0.4 is 5.73 Å². The van der Waals surface area contributed by atoms with Crippen LogP contribution in [0.2, 0.25) is 0 Å².